The number of piperidine rings is 1. The second-order valence-electron chi connectivity index (χ2n) is 6.20. The van der Waals surface area contributed by atoms with Crippen molar-refractivity contribution in [3.8, 4) is 6.07 Å². The van der Waals surface area contributed by atoms with Crippen LogP contribution in [-0.4, -0.2) is 28.9 Å². The fraction of sp³-hybridized carbons (Fsp3) is 0.353. The first kappa shape index (κ1) is 16.6. The van der Waals surface area contributed by atoms with Crippen LogP contribution in [-0.2, 0) is 4.79 Å². The van der Waals surface area contributed by atoms with Gasteiger partial charge in [0.05, 0.1) is 22.1 Å². The largest absolute Gasteiger partial charge is 0.370 e. The number of hydrogen-bond donors (Lipinski definition) is 1. The Labute approximate surface area is 144 Å². The van der Waals surface area contributed by atoms with Crippen LogP contribution in [0.15, 0.2) is 24.3 Å². The van der Waals surface area contributed by atoms with Gasteiger partial charge in [-0.25, -0.2) is 4.98 Å². The molecule has 1 aliphatic heterocycles. The Hall–Kier alpha value is -3.21. The SMILES string of the molecule is N#Cc1cc(N2CCC(CC(N)=O)CC2)nc2ccc([N+](=O)[O-])cc12. The number of benzene rings is 1. The Balaban J connectivity index is 1.88. The maximum atomic E-state index is 11.0. The number of nitrogens with two attached hydrogens (primary N) is 1. The van der Waals surface area contributed by atoms with Crippen molar-refractivity contribution in [2.75, 3.05) is 18.0 Å². The number of fused-ring (bicyclic) bond motifs is 1. The quantitative estimate of drug-likeness (QED) is 0.671. The van der Waals surface area contributed by atoms with E-state index >= 15 is 0 Å². The topological polar surface area (TPSA) is 126 Å². The molecule has 128 valence electrons. The van der Waals surface area contributed by atoms with Gasteiger partial charge in [0, 0.05) is 37.0 Å². The van der Waals surface area contributed by atoms with Crippen molar-refractivity contribution in [3.63, 3.8) is 0 Å². The van der Waals surface area contributed by atoms with Crippen LogP contribution in [0.4, 0.5) is 11.5 Å². The third-order valence-electron chi connectivity index (χ3n) is 4.54. The van der Waals surface area contributed by atoms with E-state index in [1.807, 2.05) is 0 Å². The molecule has 1 aliphatic rings. The fourth-order valence-corrected chi connectivity index (χ4v) is 3.22. The van der Waals surface area contributed by atoms with E-state index in [-0.39, 0.29) is 17.5 Å². The molecule has 2 aromatic rings. The zero-order valence-electron chi connectivity index (χ0n) is 13.5. The number of aromatic nitrogens is 1. The number of primary amides is 1. The van der Waals surface area contributed by atoms with E-state index in [1.165, 1.54) is 12.1 Å². The lowest BCUT2D eigenvalue weighted by atomic mass is 9.93. The molecule has 1 amide bonds. The third kappa shape index (κ3) is 3.50. The number of amides is 1. The van der Waals surface area contributed by atoms with Crippen LogP contribution in [0.25, 0.3) is 10.9 Å². The van der Waals surface area contributed by atoms with Gasteiger partial charge in [-0.2, -0.15) is 5.26 Å². The number of nitrogens with zero attached hydrogens (tertiary/aromatic N) is 4. The second-order valence-corrected chi connectivity index (χ2v) is 6.20. The lowest BCUT2D eigenvalue weighted by molar-refractivity contribution is -0.384. The number of rotatable bonds is 4. The minimum Gasteiger partial charge on any atom is -0.370 e. The molecule has 1 saturated heterocycles. The van der Waals surface area contributed by atoms with E-state index in [1.54, 1.807) is 12.1 Å². The minimum absolute atomic E-state index is 0.0641. The summed E-state index contributed by atoms with van der Waals surface area (Å²) in [5.74, 6) is 0.679. The summed E-state index contributed by atoms with van der Waals surface area (Å²) in [6.07, 6.45) is 2.07. The Bertz CT molecular complexity index is 882. The average molecular weight is 339 g/mol. The average Bonchev–Trinajstić information content (AvgIpc) is 2.60. The molecule has 0 aliphatic carbocycles. The van der Waals surface area contributed by atoms with E-state index in [9.17, 15) is 20.2 Å². The Morgan fingerprint density at radius 2 is 2.12 bits per heavy atom. The second kappa shape index (κ2) is 6.73. The van der Waals surface area contributed by atoms with Crippen LogP contribution in [0.1, 0.15) is 24.8 Å². The van der Waals surface area contributed by atoms with Crippen LogP contribution in [0, 0.1) is 27.4 Å². The maximum absolute atomic E-state index is 11.0. The molecule has 0 atom stereocenters. The van der Waals surface area contributed by atoms with E-state index in [0.717, 1.165) is 25.9 Å². The zero-order chi connectivity index (χ0) is 18.0. The highest BCUT2D eigenvalue weighted by Crippen LogP contribution is 2.29. The predicted octanol–water partition coefficient (Wildman–Crippen LogP) is 2.11. The molecule has 0 spiro atoms. The van der Waals surface area contributed by atoms with Crippen molar-refractivity contribution in [1.29, 1.82) is 5.26 Å². The molecular formula is C17H17N5O3. The highest BCUT2D eigenvalue weighted by atomic mass is 16.6. The standard InChI is InChI=1S/C17H17N5O3/c18-10-12-8-17(21-5-3-11(4-6-21)7-16(19)23)20-15-2-1-13(22(24)25)9-14(12)15/h1-2,8-9,11H,3-7H2,(H2,19,23). The van der Waals surface area contributed by atoms with Crippen LogP contribution in [0.5, 0.6) is 0 Å². The summed E-state index contributed by atoms with van der Waals surface area (Å²) in [5.41, 5.74) is 6.11. The number of carbonyl (C=O) groups is 1. The Kier molecular flexibility index (Phi) is 4.48. The summed E-state index contributed by atoms with van der Waals surface area (Å²) in [7, 11) is 0. The molecule has 1 fully saturated rings. The fourth-order valence-electron chi connectivity index (χ4n) is 3.22. The van der Waals surface area contributed by atoms with Crippen molar-refractivity contribution in [1.82, 2.24) is 4.98 Å². The van der Waals surface area contributed by atoms with Crippen LogP contribution in [0.3, 0.4) is 0 Å². The minimum atomic E-state index is -0.488. The van der Waals surface area contributed by atoms with E-state index in [2.05, 4.69) is 16.0 Å². The van der Waals surface area contributed by atoms with E-state index in [0.29, 0.717) is 28.7 Å². The van der Waals surface area contributed by atoms with Crippen molar-refractivity contribution in [3.05, 3.63) is 39.9 Å². The Morgan fingerprint density at radius 1 is 1.40 bits per heavy atom. The molecule has 2 heterocycles. The molecular weight excluding hydrogens is 322 g/mol. The Morgan fingerprint density at radius 3 is 2.72 bits per heavy atom. The normalized spacial score (nSPS) is 15.1. The summed E-state index contributed by atoms with van der Waals surface area (Å²) >= 11 is 0. The summed E-state index contributed by atoms with van der Waals surface area (Å²) in [6, 6.07) is 8.10. The molecule has 0 radical (unpaired) electrons. The molecule has 3 rings (SSSR count). The van der Waals surface area contributed by atoms with Gasteiger partial charge in [-0.05, 0) is 30.9 Å². The molecule has 1 aromatic heterocycles. The maximum Gasteiger partial charge on any atom is 0.270 e. The molecule has 1 aromatic carbocycles. The molecule has 8 heteroatoms. The monoisotopic (exact) mass is 339 g/mol. The van der Waals surface area contributed by atoms with Gasteiger partial charge in [-0.1, -0.05) is 0 Å². The van der Waals surface area contributed by atoms with Crippen molar-refractivity contribution in [2.45, 2.75) is 19.3 Å². The number of hydrogen-bond acceptors (Lipinski definition) is 6. The third-order valence-corrected chi connectivity index (χ3v) is 4.54. The summed E-state index contributed by atoms with van der Waals surface area (Å²) in [6.45, 7) is 1.46. The van der Waals surface area contributed by atoms with Crippen LogP contribution < -0.4 is 10.6 Å². The smallest absolute Gasteiger partial charge is 0.270 e. The summed E-state index contributed by atoms with van der Waals surface area (Å²) in [5, 5.41) is 20.8. The van der Waals surface area contributed by atoms with Crippen molar-refractivity contribution >= 4 is 28.3 Å². The number of nitro groups is 1. The number of nitriles is 1. The van der Waals surface area contributed by atoms with E-state index < -0.39 is 4.92 Å². The van der Waals surface area contributed by atoms with Crippen LogP contribution >= 0.6 is 0 Å². The number of nitro benzene ring substituents is 1. The van der Waals surface area contributed by atoms with Gasteiger partial charge in [0.2, 0.25) is 5.91 Å². The van der Waals surface area contributed by atoms with Gasteiger partial charge >= 0.3 is 0 Å². The predicted molar refractivity (Wildman–Crippen MR) is 91.9 cm³/mol. The van der Waals surface area contributed by atoms with Gasteiger partial charge in [0.15, 0.2) is 0 Å². The van der Waals surface area contributed by atoms with E-state index in [4.69, 9.17) is 5.73 Å². The summed E-state index contributed by atoms with van der Waals surface area (Å²) < 4.78 is 0. The highest BCUT2D eigenvalue weighted by molar-refractivity contribution is 5.88. The van der Waals surface area contributed by atoms with Gasteiger partial charge in [-0.3, -0.25) is 14.9 Å². The highest BCUT2D eigenvalue weighted by Gasteiger charge is 2.22. The molecule has 0 bridgehead atoms. The van der Waals surface area contributed by atoms with Crippen molar-refractivity contribution < 1.29 is 9.72 Å². The lowest BCUT2D eigenvalue weighted by Crippen LogP contribution is -2.35. The van der Waals surface area contributed by atoms with Gasteiger partial charge < -0.3 is 10.6 Å². The van der Waals surface area contributed by atoms with Gasteiger partial charge in [0.25, 0.3) is 5.69 Å². The first-order valence-electron chi connectivity index (χ1n) is 8.00. The van der Waals surface area contributed by atoms with Gasteiger partial charge in [0.1, 0.15) is 5.82 Å². The number of pyridine rings is 1. The lowest BCUT2D eigenvalue weighted by Gasteiger charge is -2.32. The first-order chi connectivity index (χ1) is 12.0. The molecule has 0 unspecified atom stereocenters. The molecule has 0 saturated carbocycles. The first-order valence-corrected chi connectivity index (χ1v) is 8.00. The molecule has 25 heavy (non-hydrogen) atoms. The number of carbonyl (C=O) groups excluding carboxylic acids is 1. The summed E-state index contributed by atoms with van der Waals surface area (Å²) in [4.78, 5) is 28.1. The zero-order valence-corrected chi connectivity index (χ0v) is 13.5. The number of anilines is 1. The van der Waals surface area contributed by atoms with Crippen LogP contribution in [0.2, 0.25) is 0 Å². The molecule has 2 N–H and O–H groups in total. The molecule has 8 nitrogen and oxygen atoms in total. The van der Waals surface area contributed by atoms with Crippen molar-refractivity contribution in [2.24, 2.45) is 11.7 Å². The van der Waals surface area contributed by atoms with Gasteiger partial charge in [-0.15, -0.1) is 0 Å². The number of non-ortho nitro benzene ring substituents is 1.